The van der Waals surface area contributed by atoms with Crippen LogP contribution < -0.4 is 10.5 Å². The van der Waals surface area contributed by atoms with Gasteiger partial charge in [0.25, 0.3) is 10.0 Å². The molecule has 0 saturated heterocycles. The Morgan fingerprint density at radius 3 is 2.52 bits per heavy atom. The Kier molecular flexibility index (Phi) is 4.24. The Labute approximate surface area is 121 Å². The Morgan fingerprint density at radius 2 is 1.86 bits per heavy atom. The number of rotatable bonds is 4. The van der Waals surface area contributed by atoms with Crippen molar-refractivity contribution in [2.45, 2.75) is 18.4 Å². The fourth-order valence-corrected chi connectivity index (χ4v) is 2.92. The molecule has 0 radical (unpaired) electrons. The SMILES string of the molecule is Cc1ccc(S(=O)(=O)Nc2cc(F)ccc2F)cc1CN. The lowest BCUT2D eigenvalue weighted by Gasteiger charge is -2.11. The molecule has 0 atom stereocenters. The zero-order valence-electron chi connectivity index (χ0n) is 11.2. The van der Waals surface area contributed by atoms with Crippen LogP contribution >= 0.6 is 0 Å². The normalized spacial score (nSPS) is 11.4. The van der Waals surface area contributed by atoms with Crippen LogP contribution in [-0.4, -0.2) is 8.42 Å². The maximum absolute atomic E-state index is 13.5. The van der Waals surface area contributed by atoms with E-state index in [4.69, 9.17) is 5.73 Å². The number of hydrogen-bond acceptors (Lipinski definition) is 3. The third-order valence-corrected chi connectivity index (χ3v) is 4.39. The number of anilines is 1. The third-order valence-electron chi connectivity index (χ3n) is 3.02. The fourth-order valence-electron chi connectivity index (χ4n) is 1.81. The number of aryl methyl sites for hydroxylation is 1. The van der Waals surface area contributed by atoms with Crippen LogP contribution in [0.25, 0.3) is 0 Å². The predicted molar refractivity (Wildman–Crippen MR) is 76.2 cm³/mol. The molecule has 0 aliphatic rings. The number of sulfonamides is 1. The monoisotopic (exact) mass is 312 g/mol. The van der Waals surface area contributed by atoms with E-state index in [0.29, 0.717) is 5.56 Å². The molecular formula is C14H14F2N2O2S. The highest BCUT2D eigenvalue weighted by atomic mass is 32.2. The summed E-state index contributed by atoms with van der Waals surface area (Å²) in [6.45, 7) is 1.99. The van der Waals surface area contributed by atoms with Gasteiger partial charge in [0.1, 0.15) is 11.6 Å². The number of nitrogens with two attached hydrogens (primary N) is 1. The van der Waals surface area contributed by atoms with Crippen molar-refractivity contribution in [1.82, 2.24) is 0 Å². The van der Waals surface area contributed by atoms with E-state index in [2.05, 4.69) is 0 Å². The van der Waals surface area contributed by atoms with E-state index >= 15 is 0 Å². The lowest BCUT2D eigenvalue weighted by Crippen LogP contribution is -2.15. The molecule has 112 valence electrons. The molecule has 4 nitrogen and oxygen atoms in total. The summed E-state index contributed by atoms with van der Waals surface area (Å²) in [5.41, 5.74) is 6.61. The summed E-state index contributed by atoms with van der Waals surface area (Å²) < 4.78 is 53.0. The van der Waals surface area contributed by atoms with Gasteiger partial charge in [-0.15, -0.1) is 0 Å². The quantitative estimate of drug-likeness (QED) is 0.911. The molecule has 2 aromatic rings. The molecule has 0 spiro atoms. The van der Waals surface area contributed by atoms with Gasteiger partial charge in [-0.25, -0.2) is 17.2 Å². The van der Waals surface area contributed by atoms with Crippen molar-refractivity contribution >= 4 is 15.7 Å². The van der Waals surface area contributed by atoms with E-state index in [1.165, 1.54) is 12.1 Å². The molecule has 0 bridgehead atoms. The molecule has 0 aliphatic heterocycles. The maximum Gasteiger partial charge on any atom is 0.261 e. The van der Waals surface area contributed by atoms with Gasteiger partial charge in [0.05, 0.1) is 10.6 Å². The molecule has 7 heteroatoms. The molecule has 2 aromatic carbocycles. The van der Waals surface area contributed by atoms with Gasteiger partial charge in [-0.3, -0.25) is 4.72 Å². The standard InChI is InChI=1S/C14H14F2N2O2S/c1-9-2-4-12(6-10(9)8-17)21(19,20)18-14-7-11(15)3-5-13(14)16/h2-7,18H,8,17H2,1H3. The first-order valence-corrected chi connectivity index (χ1v) is 7.59. The van der Waals surface area contributed by atoms with Crippen LogP contribution in [0.5, 0.6) is 0 Å². The number of hydrogen-bond donors (Lipinski definition) is 2. The van der Waals surface area contributed by atoms with Crippen LogP contribution in [0, 0.1) is 18.6 Å². The van der Waals surface area contributed by atoms with Gasteiger partial charge in [0, 0.05) is 12.6 Å². The first-order valence-electron chi connectivity index (χ1n) is 6.11. The summed E-state index contributed by atoms with van der Waals surface area (Å²) in [6.07, 6.45) is 0. The minimum atomic E-state index is -4.01. The van der Waals surface area contributed by atoms with Gasteiger partial charge in [-0.1, -0.05) is 6.07 Å². The molecule has 0 fully saturated rings. The van der Waals surface area contributed by atoms with Gasteiger partial charge in [0.2, 0.25) is 0 Å². The molecule has 0 aromatic heterocycles. The largest absolute Gasteiger partial charge is 0.326 e. The highest BCUT2D eigenvalue weighted by Gasteiger charge is 2.17. The van der Waals surface area contributed by atoms with Crippen LogP contribution in [0.3, 0.4) is 0 Å². The summed E-state index contributed by atoms with van der Waals surface area (Å²) >= 11 is 0. The molecule has 2 rings (SSSR count). The van der Waals surface area contributed by atoms with E-state index in [-0.39, 0.29) is 11.4 Å². The zero-order chi connectivity index (χ0) is 15.6. The molecule has 21 heavy (non-hydrogen) atoms. The predicted octanol–water partition coefficient (Wildman–Crippen LogP) is 2.53. The van der Waals surface area contributed by atoms with Crippen LogP contribution in [0.15, 0.2) is 41.3 Å². The van der Waals surface area contributed by atoms with Gasteiger partial charge in [-0.05, 0) is 42.3 Å². The molecule has 0 unspecified atom stereocenters. The van der Waals surface area contributed by atoms with E-state index in [9.17, 15) is 17.2 Å². The van der Waals surface area contributed by atoms with Crippen LogP contribution in [-0.2, 0) is 16.6 Å². The Balaban J connectivity index is 2.41. The first-order chi connectivity index (χ1) is 9.83. The van der Waals surface area contributed by atoms with E-state index < -0.39 is 27.3 Å². The topological polar surface area (TPSA) is 72.2 Å². The number of benzene rings is 2. The molecular weight excluding hydrogens is 298 g/mol. The van der Waals surface area contributed by atoms with Crippen molar-refractivity contribution in [3.63, 3.8) is 0 Å². The molecule has 0 heterocycles. The second-order valence-electron chi connectivity index (χ2n) is 4.52. The second kappa shape index (κ2) is 5.79. The van der Waals surface area contributed by atoms with Gasteiger partial charge in [0.15, 0.2) is 0 Å². The number of halogens is 2. The van der Waals surface area contributed by atoms with Crippen LogP contribution in [0.2, 0.25) is 0 Å². The Hall–Kier alpha value is -1.99. The summed E-state index contributed by atoms with van der Waals surface area (Å²) in [7, 11) is -4.01. The average molecular weight is 312 g/mol. The van der Waals surface area contributed by atoms with Crippen molar-refractivity contribution in [1.29, 1.82) is 0 Å². The molecule has 0 amide bonds. The summed E-state index contributed by atoms with van der Waals surface area (Å²) in [4.78, 5) is -0.0581. The molecule has 0 saturated carbocycles. The lowest BCUT2D eigenvalue weighted by molar-refractivity contribution is 0.594. The van der Waals surface area contributed by atoms with Gasteiger partial charge >= 0.3 is 0 Å². The highest BCUT2D eigenvalue weighted by molar-refractivity contribution is 7.92. The second-order valence-corrected chi connectivity index (χ2v) is 6.20. The maximum atomic E-state index is 13.5. The fraction of sp³-hybridized carbons (Fsp3) is 0.143. The first kappa shape index (κ1) is 15.4. The van der Waals surface area contributed by atoms with Crippen molar-refractivity contribution < 1.29 is 17.2 Å². The van der Waals surface area contributed by atoms with E-state index in [1.807, 2.05) is 4.72 Å². The van der Waals surface area contributed by atoms with Crippen molar-refractivity contribution in [3.05, 3.63) is 59.2 Å². The Morgan fingerprint density at radius 1 is 1.14 bits per heavy atom. The number of nitrogens with one attached hydrogen (secondary N) is 1. The van der Waals surface area contributed by atoms with E-state index in [0.717, 1.165) is 23.8 Å². The minimum Gasteiger partial charge on any atom is -0.326 e. The average Bonchev–Trinajstić information content (AvgIpc) is 2.43. The van der Waals surface area contributed by atoms with Crippen molar-refractivity contribution in [3.8, 4) is 0 Å². The summed E-state index contributed by atoms with van der Waals surface area (Å²) in [5, 5.41) is 0. The summed E-state index contributed by atoms with van der Waals surface area (Å²) in [6, 6.07) is 6.95. The van der Waals surface area contributed by atoms with Gasteiger partial charge in [-0.2, -0.15) is 0 Å². The van der Waals surface area contributed by atoms with Crippen LogP contribution in [0.1, 0.15) is 11.1 Å². The molecule has 0 aliphatic carbocycles. The summed E-state index contributed by atoms with van der Waals surface area (Å²) in [5.74, 6) is -1.59. The lowest BCUT2D eigenvalue weighted by atomic mass is 10.1. The van der Waals surface area contributed by atoms with Crippen molar-refractivity contribution in [2.75, 3.05) is 4.72 Å². The third kappa shape index (κ3) is 3.37. The smallest absolute Gasteiger partial charge is 0.261 e. The van der Waals surface area contributed by atoms with Crippen LogP contribution in [0.4, 0.5) is 14.5 Å². The highest BCUT2D eigenvalue weighted by Crippen LogP contribution is 2.21. The van der Waals surface area contributed by atoms with Crippen molar-refractivity contribution in [2.24, 2.45) is 5.73 Å². The molecule has 3 N–H and O–H groups in total. The Bertz CT molecular complexity index is 777. The zero-order valence-corrected chi connectivity index (χ0v) is 12.0. The minimum absolute atomic E-state index is 0.0581. The van der Waals surface area contributed by atoms with Gasteiger partial charge < -0.3 is 5.73 Å². The van der Waals surface area contributed by atoms with E-state index in [1.54, 1.807) is 13.0 Å².